The normalized spacial score (nSPS) is 11.5. The predicted molar refractivity (Wildman–Crippen MR) is 100 cm³/mol. The zero-order chi connectivity index (χ0) is 18.6. The van der Waals surface area contributed by atoms with Gasteiger partial charge < -0.3 is 14.5 Å². The minimum absolute atomic E-state index is 0.0140. The lowest BCUT2D eigenvalue weighted by molar-refractivity contribution is 0.0615. The summed E-state index contributed by atoms with van der Waals surface area (Å²) in [5, 5.41) is 3.54. The number of ether oxygens (including phenoxy) is 1. The van der Waals surface area contributed by atoms with Gasteiger partial charge in [0, 0.05) is 5.39 Å². The summed E-state index contributed by atoms with van der Waals surface area (Å²) in [5.74, 6) is -0.474. The van der Waals surface area contributed by atoms with E-state index < -0.39 is 17.1 Å². The maximum atomic E-state index is 12.5. The van der Waals surface area contributed by atoms with Gasteiger partial charge in [0.25, 0.3) is 5.91 Å². The Balaban J connectivity index is 1.66. The Morgan fingerprint density at radius 3 is 2.54 bits per heavy atom. The molecule has 0 unspecified atom stereocenters. The second-order valence-electron chi connectivity index (χ2n) is 6.80. The van der Waals surface area contributed by atoms with Crippen molar-refractivity contribution in [3.8, 4) is 0 Å². The monoisotopic (exact) mass is 351 g/mol. The van der Waals surface area contributed by atoms with Gasteiger partial charge in [-0.2, -0.15) is 0 Å². The molecule has 0 bridgehead atoms. The third-order valence-electron chi connectivity index (χ3n) is 3.91. The molecule has 0 aliphatic carbocycles. The van der Waals surface area contributed by atoms with E-state index in [1.165, 1.54) is 0 Å². The second kappa shape index (κ2) is 7.54. The van der Waals surface area contributed by atoms with Gasteiger partial charge in [0.05, 0.1) is 18.8 Å². The molecular weight excluding hydrogens is 330 g/mol. The topological polar surface area (TPSA) is 68.5 Å². The van der Waals surface area contributed by atoms with Gasteiger partial charge in [0.15, 0.2) is 0 Å². The van der Waals surface area contributed by atoms with Crippen molar-refractivity contribution in [2.45, 2.75) is 26.0 Å². The maximum Gasteiger partial charge on any atom is 0.349 e. The van der Waals surface area contributed by atoms with Crippen molar-refractivity contribution in [2.75, 3.05) is 6.61 Å². The molecule has 0 aliphatic rings. The van der Waals surface area contributed by atoms with E-state index in [0.717, 1.165) is 5.56 Å². The smallest absolute Gasteiger partial charge is 0.349 e. The molecular formula is C21H21NO4. The van der Waals surface area contributed by atoms with Gasteiger partial charge >= 0.3 is 5.63 Å². The molecule has 3 aromatic rings. The van der Waals surface area contributed by atoms with Crippen LogP contribution < -0.4 is 10.9 Å². The van der Waals surface area contributed by atoms with Gasteiger partial charge in [-0.25, -0.2) is 4.79 Å². The van der Waals surface area contributed by atoms with Gasteiger partial charge in [-0.3, -0.25) is 4.79 Å². The van der Waals surface area contributed by atoms with E-state index >= 15 is 0 Å². The first kappa shape index (κ1) is 17.9. The Kier molecular flexibility index (Phi) is 5.19. The number of hydrogen-bond acceptors (Lipinski definition) is 4. The average Bonchev–Trinajstić information content (AvgIpc) is 2.61. The summed E-state index contributed by atoms with van der Waals surface area (Å²) in [5.41, 5.74) is 0.218. The van der Waals surface area contributed by atoms with Crippen LogP contribution in [0.25, 0.3) is 11.0 Å². The molecule has 134 valence electrons. The van der Waals surface area contributed by atoms with E-state index in [-0.39, 0.29) is 5.56 Å². The van der Waals surface area contributed by atoms with E-state index in [2.05, 4.69) is 5.32 Å². The largest absolute Gasteiger partial charge is 0.422 e. The first-order chi connectivity index (χ1) is 12.4. The number of rotatable bonds is 6. The third-order valence-corrected chi connectivity index (χ3v) is 3.91. The number of para-hydroxylation sites is 1. The molecule has 5 heteroatoms. The van der Waals surface area contributed by atoms with E-state index in [0.29, 0.717) is 24.2 Å². The fraction of sp³-hybridized carbons (Fsp3) is 0.238. The molecule has 2 aromatic carbocycles. The Morgan fingerprint density at radius 1 is 1.08 bits per heavy atom. The molecule has 0 saturated heterocycles. The standard InChI is InChI=1S/C21H21NO4/c1-21(2,14-25-13-15-8-4-3-5-9-15)22-19(23)17-12-16-10-6-7-11-18(16)26-20(17)24/h3-12H,13-14H2,1-2H3,(H,22,23). The summed E-state index contributed by atoms with van der Waals surface area (Å²) in [4.78, 5) is 24.6. The molecule has 0 aliphatic heterocycles. The summed E-state index contributed by atoms with van der Waals surface area (Å²) in [7, 11) is 0. The molecule has 1 N–H and O–H groups in total. The van der Waals surface area contributed by atoms with Gasteiger partial charge in [-0.15, -0.1) is 0 Å². The summed E-state index contributed by atoms with van der Waals surface area (Å²) >= 11 is 0. The molecule has 0 radical (unpaired) electrons. The lowest BCUT2D eigenvalue weighted by Gasteiger charge is -2.26. The van der Waals surface area contributed by atoms with E-state index in [1.807, 2.05) is 50.2 Å². The molecule has 0 fully saturated rings. The van der Waals surface area contributed by atoms with E-state index in [1.54, 1.807) is 24.3 Å². The molecule has 0 spiro atoms. The predicted octanol–water partition coefficient (Wildman–Crippen LogP) is 3.52. The molecule has 1 heterocycles. The number of nitrogens with one attached hydrogen (secondary N) is 1. The van der Waals surface area contributed by atoms with E-state index in [9.17, 15) is 9.59 Å². The first-order valence-electron chi connectivity index (χ1n) is 8.42. The van der Waals surface area contributed by atoms with Crippen LogP contribution in [0.4, 0.5) is 0 Å². The van der Waals surface area contributed by atoms with Crippen LogP contribution in [0.1, 0.15) is 29.8 Å². The first-order valence-corrected chi connectivity index (χ1v) is 8.42. The number of carbonyl (C=O) groups is 1. The zero-order valence-corrected chi connectivity index (χ0v) is 14.8. The van der Waals surface area contributed by atoms with Gasteiger partial charge in [0.2, 0.25) is 0 Å². The Labute approximate surface area is 151 Å². The quantitative estimate of drug-likeness (QED) is 0.690. The Morgan fingerprint density at radius 2 is 1.77 bits per heavy atom. The van der Waals surface area contributed by atoms with Gasteiger partial charge in [-0.1, -0.05) is 48.5 Å². The number of hydrogen-bond donors (Lipinski definition) is 1. The molecule has 5 nitrogen and oxygen atoms in total. The number of fused-ring (bicyclic) bond motifs is 1. The van der Waals surface area contributed by atoms with Crippen LogP contribution in [-0.4, -0.2) is 18.1 Å². The minimum atomic E-state index is -0.651. The van der Waals surface area contributed by atoms with Gasteiger partial charge in [0.1, 0.15) is 11.1 Å². The van der Waals surface area contributed by atoms with Crippen LogP contribution in [0.15, 0.2) is 69.9 Å². The zero-order valence-electron chi connectivity index (χ0n) is 14.8. The van der Waals surface area contributed by atoms with Crippen LogP contribution in [0, 0.1) is 0 Å². The van der Waals surface area contributed by atoms with Gasteiger partial charge in [-0.05, 0) is 31.5 Å². The van der Waals surface area contributed by atoms with Crippen molar-refractivity contribution in [1.29, 1.82) is 0 Å². The highest BCUT2D eigenvalue weighted by Gasteiger charge is 2.24. The highest BCUT2D eigenvalue weighted by Crippen LogP contribution is 2.14. The van der Waals surface area contributed by atoms with E-state index in [4.69, 9.17) is 9.15 Å². The van der Waals surface area contributed by atoms with Crippen LogP contribution >= 0.6 is 0 Å². The van der Waals surface area contributed by atoms with Crippen molar-refractivity contribution in [2.24, 2.45) is 0 Å². The molecule has 3 rings (SSSR count). The molecule has 0 atom stereocenters. The van der Waals surface area contributed by atoms with Crippen molar-refractivity contribution >= 4 is 16.9 Å². The summed E-state index contributed by atoms with van der Waals surface area (Å²) < 4.78 is 10.9. The summed E-state index contributed by atoms with van der Waals surface area (Å²) in [6.07, 6.45) is 0. The van der Waals surface area contributed by atoms with Crippen LogP contribution in [0.5, 0.6) is 0 Å². The SMILES string of the molecule is CC(C)(COCc1ccccc1)NC(=O)c1cc2ccccc2oc1=O. The second-order valence-corrected chi connectivity index (χ2v) is 6.80. The average molecular weight is 351 g/mol. The van der Waals surface area contributed by atoms with Crippen molar-refractivity contribution < 1.29 is 13.9 Å². The lowest BCUT2D eigenvalue weighted by Crippen LogP contribution is -2.48. The summed E-state index contributed by atoms with van der Waals surface area (Å²) in [6, 6.07) is 18.4. The van der Waals surface area contributed by atoms with Crippen LogP contribution in [0.2, 0.25) is 0 Å². The molecule has 1 amide bonds. The van der Waals surface area contributed by atoms with Crippen molar-refractivity contribution in [1.82, 2.24) is 5.32 Å². The van der Waals surface area contributed by atoms with Crippen LogP contribution in [0.3, 0.4) is 0 Å². The number of amides is 1. The highest BCUT2D eigenvalue weighted by molar-refractivity contribution is 5.97. The summed E-state index contributed by atoms with van der Waals surface area (Å²) in [6.45, 7) is 4.46. The molecule has 26 heavy (non-hydrogen) atoms. The van der Waals surface area contributed by atoms with Crippen molar-refractivity contribution in [3.05, 3.63) is 82.2 Å². The fourth-order valence-corrected chi connectivity index (χ4v) is 2.63. The molecule has 1 aromatic heterocycles. The third kappa shape index (κ3) is 4.37. The fourth-order valence-electron chi connectivity index (χ4n) is 2.63. The van der Waals surface area contributed by atoms with Crippen molar-refractivity contribution in [3.63, 3.8) is 0 Å². The molecule has 0 saturated carbocycles. The lowest BCUT2D eigenvalue weighted by atomic mass is 10.1. The number of carbonyl (C=O) groups excluding carboxylic acids is 1. The highest BCUT2D eigenvalue weighted by atomic mass is 16.5. The maximum absolute atomic E-state index is 12.5. The number of benzene rings is 2. The minimum Gasteiger partial charge on any atom is -0.422 e. The Bertz CT molecular complexity index is 960. The van der Waals surface area contributed by atoms with Crippen LogP contribution in [-0.2, 0) is 11.3 Å². The Hall–Kier alpha value is -2.92.